The number of amides is 1. The number of thiophene rings is 1. The van der Waals surface area contributed by atoms with Crippen LogP contribution in [-0.2, 0) is 11.2 Å². The van der Waals surface area contributed by atoms with Crippen LogP contribution < -0.4 is 10.1 Å². The number of ether oxygens (including phenoxy) is 1. The van der Waals surface area contributed by atoms with E-state index >= 15 is 0 Å². The van der Waals surface area contributed by atoms with Gasteiger partial charge in [-0.3, -0.25) is 4.79 Å². The number of furan rings is 1. The van der Waals surface area contributed by atoms with E-state index in [2.05, 4.69) is 16.8 Å². The largest absolute Gasteiger partial charge is 0.490 e. The van der Waals surface area contributed by atoms with Crippen LogP contribution in [0.2, 0.25) is 0 Å². The lowest BCUT2D eigenvalue weighted by atomic mass is 10.2. The van der Waals surface area contributed by atoms with Crippen molar-refractivity contribution in [3.8, 4) is 5.75 Å². The van der Waals surface area contributed by atoms with Gasteiger partial charge in [0.2, 0.25) is 5.91 Å². The molecule has 25 heavy (non-hydrogen) atoms. The molecule has 1 aromatic carbocycles. The van der Waals surface area contributed by atoms with Crippen LogP contribution in [0.3, 0.4) is 0 Å². The Morgan fingerprint density at radius 3 is 2.96 bits per heavy atom. The van der Waals surface area contributed by atoms with Crippen molar-refractivity contribution < 1.29 is 13.9 Å². The van der Waals surface area contributed by atoms with E-state index in [1.807, 2.05) is 44.2 Å². The summed E-state index contributed by atoms with van der Waals surface area (Å²) in [7, 11) is 0. The van der Waals surface area contributed by atoms with E-state index in [1.54, 1.807) is 11.3 Å². The molecule has 1 amide bonds. The average molecular weight is 357 g/mol. The Balaban J connectivity index is 1.58. The SMILES string of the molecule is CCOc1cccc2cc(C(C)NC(=O)CCCc3cccs3)oc12. The molecule has 3 aromatic rings. The molecule has 0 aliphatic heterocycles. The first-order chi connectivity index (χ1) is 12.2. The molecule has 0 bridgehead atoms. The Labute approximate surface area is 151 Å². The van der Waals surface area contributed by atoms with E-state index in [1.165, 1.54) is 4.88 Å². The molecule has 0 aliphatic rings. The van der Waals surface area contributed by atoms with Gasteiger partial charge in [-0.25, -0.2) is 0 Å². The van der Waals surface area contributed by atoms with Gasteiger partial charge in [-0.05, 0) is 50.3 Å². The van der Waals surface area contributed by atoms with Gasteiger partial charge in [0, 0.05) is 16.7 Å². The summed E-state index contributed by atoms with van der Waals surface area (Å²) in [6.45, 7) is 4.47. The van der Waals surface area contributed by atoms with Crippen LogP contribution in [0.5, 0.6) is 5.75 Å². The van der Waals surface area contributed by atoms with Crippen LogP contribution in [0.4, 0.5) is 0 Å². The van der Waals surface area contributed by atoms with Crippen molar-refractivity contribution >= 4 is 28.2 Å². The maximum absolute atomic E-state index is 12.2. The number of benzene rings is 1. The van der Waals surface area contributed by atoms with Crippen LogP contribution in [0.15, 0.2) is 46.2 Å². The third kappa shape index (κ3) is 4.42. The second-order valence-electron chi connectivity index (χ2n) is 5.98. The first kappa shape index (κ1) is 17.5. The van der Waals surface area contributed by atoms with Crippen molar-refractivity contribution in [3.05, 3.63) is 52.4 Å². The molecule has 4 nitrogen and oxygen atoms in total. The van der Waals surface area contributed by atoms with Crippen molar-refractivity contribution in [2.24, 2.45) is 0 Å². The van der Waals surface area contributed by atoms with Gasteiger partial charge in [0.25, 0.3) is 0 Å². The first-order valence-corrected chi connectivity index (χ1v) is 9.52. The molecule has 3 rings (SSSR count). The topological polar surface area (TPSA) is 51.5 Å². The Bertz CT molecular complexity index is 823. The lowest BCUT2D eigenvalue weighted by Gasteiger charge is -2.11. The highest BCUT2D eigenvalue weighted by molar-refractivity contribution is 7.09. The van der Waals surface area contributed by atoms with E-state index < -0.39 is 0 Å². The van der Waals surface area contributed by atoms with Crippen LogP contribution in [0.1, 0.15) is 43.4 Å². The van der Waals surface area contributed by atoms with E-state index in [0.29, 0.717) is 13.0 Å². The Morgan fingerprint density at radius 2 is 2.20 bits per heavy atom. The second kappa shape index (κ2) is 8.21. The molecule has 2 heterocycles. The van der Waals surface area contributed by atoms with Crippen molar-refractivity contribution in [3.63, 3.8) is 0 Å². The van der Waals surface area contributed by atoms with Crippen molar-refractivity contribution in [2.45, 2.75) is 39.2 Å². The Kier molecular flexibility index (Phi) is 5.76. The third-order valence-corrected chi connectivity index (χ3v) is 4.97. The Hall–Kier alpha value is -2.27. The molecule has 0 aliphatic carbocycles. The van der Waals surface area contributed by atoms with Gasteiger partial charge in [0.15, 0.2) is 11.3 Å². The molecular formula is C20H23NO3S. The number of hydrogen-bond donors (Lipinski definition) is 1. The van der Waals surface area contributed by atoms with Crippen LogP contribution in [0, 0.1) is 0 Å². The number of rotatable bonds is 8. The number of carbonyl (C=O) groups excluding carboxylic acids is 1. The minimum Gasteiger partial charge on any atom is -0.490 e. The number of carbonyl (C=O) groups is 1. The zero-order valence-corrected chi connectivity index (χ0v) is 15.4. The predicted octanol–water partition coefficient (Wildman–Crippen LogP) is 5.09. The van der Waals surface area contributed by atoms with Crippen molar-refractivity contribution in [1.29, 1.82) is 0 Å². The molecule has 1 atom stereocenters. The standard InChI is InChI=1S/C20H23NO3S/c1-3-23-17-10-4-7-15-13-18(24-20(15)17)14(2)21-19(22)11-5-8-16-9-6-12-25-16/h4,6-7,9-10,12-14H,3,5,8,11H2,1-2H3,(H,21,22). The molecule has 2 aromatic heterocycles. The van der Waals surface area contributed by atoms with E-state index in [0.717, 1.165) is 35.3 Å². The van der Waals surface area contributed by atoms with Crippen LogP contribution in [0.25, 0.3) is 11.0 Å². The maximum atomic E-state index is 12.2. The molecule has 0 radical (unpaired) electrons. The predicted molar refractivity (Wildman–Crippen MR) is 101 cm³/mol. The minimum absolute atomic E-state index is 0.0505. The minimum atomic E-state index is -0.170. The highest BCUT2D eigenvalue weighted by Crippen LogP contribution is 2.31. The molecule has 0 spiro atoms. The number of hydrogen-bond acceptors (Lipinski definition) is 4. The van der Waals surface area contributed by atoms with E-state index in [9.17, 15) is 4.79 Å². The van der Waals surface area contributed by atoms with Crippen LogP contribution in [-0.4, -0.2) is 12.5 Å². The molecule has 0 saturated carbocycles. The molecule has 132 valence electrons. The summed E-state index contributed by atoms with van der Waals surface area (Å²) in [6.07, 6.45) is 2.32. The highest BCUT2D eigenvalue weighted by Gasteiger charge is 2.16. The number of para-hydroxylation sites is 1. The zero-order chi connectivity index (χ0) is 17.6. The van der Waals surface area contributed by atoms with E-state index in [-0.39, 0.29) is 11.9 Å². The normalized spacial score (nSPS) is 12.2. The molecule has 5 heteroatoms. The summed E-state index contributed by atoms with van der Waals surface area (Å²) >= 11 is 1.73. The lowest BCUT2D eigenvalue weighted by molar-refractivity contribution is -0.121. The fourth-order valence-electron chi connectivity index (χ4n) is 2.80. The highest BCUT2D eigenvalue weighted by atomic mass is 32.1. The fraction of sp³-hybridized carbons (Fsp3) is 0.350. The summed E-state index contributed by atoms with van der Waals surface area (Å²) in [6, 6.07) is 11.8. The molecule has 0 fully saturated rings. The second-order valence-corrected chi connectivity index (χ2v) is 7.01. The van der Waals surface area contributed by atoms with Crippen molar-refractivity contribution in [1.82, 2.24) is 5.32 Å². The monoisotopic (exact) mass is 357 g/mol. The lowest BCUT2D eigenvalue weighted by Crippen LogP contribution is -2.26. The zero-order valence-electron chi connectivity index (χ0n) is 14.6. The quantitative estimate of drug-likeness (QED) is 0.611. The third-order valence-electron chi connectivity index (χ3n) is 4.04. The molecule has 0 saturated heterocycles. The average Bonchev–Trinajstić information content (AvgIpc) is 3.24. The number of fused-ring (bicyclic) bond motifs is 1. The molecular weight excluding hydrogens is 334 g/mol. The van der Waals surface area contributed by atoms with Gasteiger partial charge in [-0.15, -0.1) is 11.3 Å². The van der Waals surface area contributed by atoms with E-state index in [4.69, 9.17) is 9.15 Å². The molecule has 1 unspecified atom stereocenters. The van der Waals surface area contributed by atoms with Gasteiger partial charge in [0.1, 0.15) is 5.76 Å². The number of nitrogens with one attached hydrogen (secondary N) is 1. The summed E-state index contributed by atoms with van der Waals surface area (Å²) in [5.41, 5.74) is 0.734. The maximum Gasteiger partial charge on any atom is 0.220 e. The van der Waals surface area contributed by atoms with Gasteiger partial charge in [-0.1, -0.05) is 18.2 Å². The summed E-state index contributed by atoms with van der Waals surface area (Å²) < 4.78 is 11.5. The summed E-state index contributed by atoms with van der Waals surface area (Å²) in [5.74, 6) is 1.53. The fourth-order valence-corrected chi connectivity index (χ4v) is 3.55. The summed E-state index contributed by atoms with van der Waals surface area (Å²) in [4.78, 5) is 13.5. The first-order valence-electron chi connectivity index (χ1n) is 8.64. The molecule has 1 N–H and O–H groups in total. The van der Waals surface area contributed by atoms with Gasteiger partial charge in [0.05, 0.1) is 12.6 Å². The smallest absolute Gasteiger partial charge is 0.220 e. The Morgan fingerprint density at radius 1 is 1.32 bits per heavy atom. The van der Waals surface area contributed by atoms with Gasteiger partial charge < -0.3 is 14.5 Å². The van der Waals surface area contributed by atoms with Crippen LogP contribution >= 0.6 is 11.3 Å². The van der Waals surface area contributed by atoms with Gasteiger partial charge in [-0.2, -0.15) is 0 Å². The van der Waals surface area contributed by atoms with Gasteiger partial charge >= 0.3 is 0 Å². The number of aryl methyl sites for hydroxylation is 1. The summed E-state index contributed by atoms with van der Waals surface area (Å²) in [5, 5.41) is 6.07. The van der Waals surface area contributed by atoms with Crippen molar-refractivity contribution in [2.75, 3.05) is 6.61 Å².